The van der Waals surface area contributed by atoms with Crippen molar-refractivity contribution >= 4 is 21.7 Å². The standard InChI is InChI=1S/C59H36N4O/c1-3-16-37(17-4-1)38-30-32-40(33-31-38)57-61-56(39-18-5-2-6-19-39)62-58(63-57)42-21-15-20-41(36-42)54-46-34-35-50-55(53(46)45-24-9-13-28-51(45)60-54)64-52-29-14-12-27-49(52)59(50)47-25-10-7-22-43(47)44-23-8-11-26-48(44)59/h1-36H. The molecule has 13 rings (SSSR count). The third kappa shape index (κ3) is 5.44. The number of para-hydroxylation sites is 2. The van der Waals surface area contributed by atoms with Crippen LogP contribution in [0, 0.1) is 0 Å². The Morgan fingerprint density at radius 3 is 1.56 bits per heavy atom. The van der Waals surface area contributed by atoms with Crippen LogP contribution in [0.3, 0.4) is 0 Å². The number of ether oxygens (including phenoxy) is 1. The molecular formula is C59H36N4O. The van der Waals surface area contributed by atoms with E-state index in [0.717, 1.165) is 83.4 Å². The van der Waals surface area contributed by atoms with Crippen molar-refractivity contribution in [3.8, 4) is 79.2 Å². The van der Waals surface area contributed by atoms with E-state index in [-0.39, 0.29) is 0 Å². The van der Waals surface area contributed by atoms with Crippen LogP contribution < -0.4 is 4.74 Å². The van der Waals surface area contributed by atoms with E-state index in [0.29, 0.717) is 17.5 Å². The zero-order valence-electron chi connectivity index (χ0n) is 34.5. The monoisotopic (exact) mass is 816 g/mol. The van der Waals surface area contributed by atoms with E-state index in [1.54, 1.807) is 0 Å². The van der Waals surface area contributed by atoms with Crippen molar-refractivity contribution in [3.05, 3.63) is 241 Å². The number of benzene rings is 9. The van der Waals surface area contributed by atoms with Crippen LogP contribution in [-0.2, 0) is 5.41 Å². The van der Waals surface area contributed by atoms with E-state index in [1.807, 2.05) is 36.4 Å². The van der Waals surface area contributed by atoms with Crippen LogP contribution in [0.25, 0.3) is 89.4 Å². The lowest BCUT2D eigenvalue weighted by Crippen LogP contribution is -2.32. The molecule has 0 saturated heterocycles. The zero-order valence-corrected chi connectivity index (χ0v) is 34.5. The van der Waals surface area contributed by atoms with Crippen LogP contribution in [0.2, 0.25) is 0 Å². The average molecular weight is 817 g/mol. The summed E-state index contributed by atoms with van der Waals surface area (Å²) in [5, 5.41) is 3.08. The van der Waals surface area contributed by atoms with Gasteiger partial charge in [0.15, 0.2) is 17.5 Å². The van der Waals surface area contributed by atoms with Gasteiger partial charge in [-0.15, -0.1) is 0 Å². The van der Waals surface area contributed by atoms with Crippen molar-refractivity contribution in [2.45, 2.75) is 5.41 Å². The molecular weight excluding hydrogens is 781 g/mol. The predicted molar refractivity (Wildman–Crippen MR) is 257 cm³/mol. The van der Waals surface area contributed by atoms with Crippen LogP contribution in [0.15, 0.2) is 218 Å². The van der Waals surface area contributed by atoms with Crippen LogP contribution in [0.4, 0.5) is 0 Å². The summed E-state index contributed by atoms with van der Waals surface area (Å²) in [4.78, 5) is 20.7. The van der Waals surface area contributed by atoms with Crippen molar-refractivity contribution in [2.75, 3.05) is 0 Å². The van der Waals surface area contributed by atoms with Gasteiger partial charge in [-0.05, 0) is 51.6 Å². The minimum atomic E-state index is -0.579. The third-order valence-corrected chi connectivity index (χ3v) is 13.0. The minimum Gasteiger partial charge on any atom is -0.456 e. The minimum absolute atomic E-state index is 0.579. The highest BCUT2D eigenvalue weighted by Gasteiger charge is 2.51. The van der Waals surface area contributed by atoms with Gasteiger partial charge in [0.25, 0.3) is 0 Å². The molecule has 9 aromatic carbocycles. The molecule has 1 aliphatic carbocycles. The molecule has 0 amide bonds. The molecule has 0 bridgehead atoms. The van der Waals surface area contributed by atoms with Crippen molar-refractivity contribution in [1.29, 1.82) is 0 Å². The fraction of sp³-hybridized carbons (Fsp3) is 0.0169. The molecule has 1 aliphatic heterocycles. The first-order chi connectivity index (χ1) is 31.7. The third-order valence-electron chi connectivity index (χ3n) is 13.0. The lowest BCUT2D eigenvalue weighted by molar-refractivity contribution is 0.442. The summed E-state index contributed by atoms with van der Waals surface area (Å²) < 4.78 is 7.19. The van der Waals surface area contributed by atoms with Crippen LogP contribution in [0.1, 0.15) is 22.3 Å². The van der Waals surface area contributed by atoms with Crippen molar-refractivity contribution in [3.63, 3.8) is 0 Å². The Labute approximate surface area is 370 Å². The van der Waals surface area contributed by atoms with E-state index in [9.17, 15) is 0 Å². The summed E-state index contributed by atoms with van der Waals surface area (Å²) >= 11 is 0. The van der Waals surface area contributed by atoms with E-state index < -0.39 is 5.41 Å². The Kier molecular flexibility index (Phi) is 8.06. The molecule has 0 atom stereocenters. The molecule has 0 N–H and O–H groups in total. The molecule has 0 radical (unpaired) electrons. The van der Waals surface area contributed by atoms with Gasteiger partial charge in [-0.1, -0.05) is 200 Å². The number of rotatable bonds is 5. The van der Waals surface area contributed by atoms with E-state index in [2.05, 4.69) is 182 Å². The van der Waals surface area contributed by atoms with Crippen molar-refractivity contribution < 1.29 is 4.74 Å². The van der Waals surface area contributed by atoms with Gasteiger partial charge in [-0.3, -0.25) is 0 Å². The second-order valence-electron chi connectivity index (χ2n) is 16.5. The summed E-state index contributed by atoms with van der Waals surface area (Å²) in [5.74, 6) is 3.51. The highest BCUT2D eigenvalue weighted by atomic mass is 16.5. The topological polar surface area (TPSA) is 60.8 Å². The molecule has 5 nitrogen and oxygen atoms in total. The van der Waals surface area contributed by atoms with E-state index in [4.69, 9.17) is 24.7 Å². The molecule has 5 heteroatoms. The van der Waals surface area contributed by atoms with Gasteiger partial charge in [0, 0.05) is 49.5 Å². The number of aromatic nitrogens is 4. The maximum absolute atomic E-state index is 7.19. The zero-order chi connectivity index (χ0) is 42.2. The maximum atomic E-state index is 7.19. The molecule has 298 valence electrons. The van der Waals surface area contributed by atoms with Gasteiger partial charge in [0.2, 0.25) is 0 Å². The number of pyridine rings is 1. The molecule has 3 heterocycles. The quantitative estimate of drug-likeness (QED) is 0.162. The van der Waals surface area contributed by atoms with Gasteiger partial charge >= 0.3 is 0 Å². The highest BCUT2D eigenvalue weighted by Crippen LogP contribution is 2.63. The summed E-state index contributed by atoms with van der Waals surface area (Å²) in [6.45, 7) is 0. The van der Waals surface area contributed by atoms with Crippen LogP contribution >= 0.6 is 0 Å². The molecule has 0 fully saturated rings. The highest BCUT2D eigenvalue weighted by molar-refractivity contribution is 6.15. The molecule has 0 saturated carbocycles. The Bertz CT molecular complexity index is 3600. The fourth-order valence-electron chi connectivity index (χ4n) is 10.2. The lowest BCUT2D eigenvalue weighted by atomic mass is 9.65. The van der Waals surface area contributed by atoms with Gasteiger partial charge in [0.1, 0.15) is 11.5 Å². The Morgan fingerprint density at radius 1 is 0.328 bits per heavy atom. The molecule has 11 aromatic rings. The van der Waals surface area contributed by atoms with Gasteiger partial charge < -0.3 is 4.74 Å². The SMILES string of the molecule is c1ccc(-c2ccc(-c3nc(-c4ccccc4)nc(-c4cccc(-c5nc6ccccc6c6c7c(ccc56)C5(c6ccccc6O7)c6ccccc6-c6ccccc65)c4)n3)cc2)cc1. The number of hydrogen-bond acceptors (Lipinski definition) is 5. The largest absolute Gasteiger partial charge is 0.456 e. The Morgan fingerprint density at radius 2 is 0.844 bits per heavy atom. The first-order valence-corrected chi connectivity index (χ1v) is 21.6. The Balaban J connectivity index is 1.01. The summed E-state index contributed by atoms with van der Waals surface area (Å²) in [7, 11) is 0. The smallest absolute Gasteiger partial charge is 0.164 e. The van der Waals surface area contributed by atoms with Crippen LogP contribution in [0.5, 0.6) is 11.5 Å². The number of fused-ring (bicyclic) bond motifs is 13. The fourth-order valence-corrected chi connectivity index (χ4v) is 10.2. The molecule has 1 spiro atoms. The molecule has 2 aromatic heterocycles. The lowest BCUT2D eigenvalue weighted by Gasteiger charge is -2.40. The summed E-state index contributed by atoms with van der Waals surface area (Å²) in [6, 6.07) is 76.6. The van der Waals surface area contributed by atoms with E-state index >= 15 is 0 Å². The van der Waals surface area contributed by atoms with Crippen molar-refractivity contribution in [2.24, 2.45) is 0 Å². The number of nitrogens with zero attached hydrogens (tertiary/aromatic N) is 4. The van der Waals surface area contributed by atoms with Gasteiger partial charge in [0.05, 0.1) is 16.6 Å². The molecule has 64 heavy (non-hydrogen) atoms. The van der Waals surface area contributed by atoms with Gasteiger partial charge in [-0.2, -0.15) is 0 Å². The predicted octanol–water partition coefficient (Wildman–Crippen LogP) is 14.4. The van der Waals surface area contributed by atoms with Crippen LogP contribution in [-0.4, -0.2) is 19.9 Å². The van der Waals surface area contributed by atoms with Gasteiger partial charge in [-0.25, -0.2) is 19.9 Å². The molecule has 2 aliphatic rings. The summed E-state index contributed by atoms with van der Waals surface area (Å²) in [5.41, 5.74) is 14.4. The summed E-state index contributed by atoms with van der Waals surface area (Å²) in [6.07, 6.45) is 0. The van der Waals surface area contributed by atoms with E-state index in [1.165, 1.54) is 22.3 Å². The maximum Gasteiger partial charge on any atom is 0.164 e. The number of hydrogen-bond donors (Lipinski definition) is 0. The first kappa shape index (κ1) is 36.1. The second kappa shape index (κ2) is 14.3. The normalized spacial score (nSPS) is 12.9. The second-order valence-corrected chi connectivity index (χ2v) is 16.5. The average Bonchev–Trinajstić information content (AvgIpc) is 3.67. The first-order valence-electron chi connectivity index (χ1n) is 21.6. The Hall–Kier alpha value is -8.54. The molecule has 0 unspecified atom stereocenters. The van der Waals surface area contributed by atoms with Crippen molar-refractivity contribution in [1.82, 2.24) is 19.9 Å².